The van der Waals surface area contributed by atoms with Gasteiger partial charge in [-0.3, -0.25) is 4.79 Å². The van der Waals surface area contributed by atoms with Crippen LogP contribution in [-0.2, 0) is 15.0 Å². The molecule has 1 saturated heterocycles. The lowest BCUT2D eigenvalue weighted by molar-refractivity contribution is -0.129. The van der Waals surface area contributed by atoms with Crippen LogP contribution in [0.2, 0.25) is 0 Å². The Hall–Kier alpha value is -2.71. The van der Waals surface area contributed by atoms with Crippen LogP contribution in [0.25, 0.3) is 11.0 Å². The summed E-state index contributed by atoms with van der Waals surface area (Å²) >= 11 is 0. The highest BCUT2D eigenvalue weighted by atomic mass is 32.2. The fraction of sp³-hybridized carbons (Fsp3) is 0.636. The molecule has 2 aromatic heterocycles. The van der Waals surface area contributed by atoms with Crippen molar-refractivity contribution in [2.45, 2.75) is 51.5 Å². The van der Waals surface area contributed by atoms with Crippen LogP contribution in [0.4, 0.5) is 5.82 Å². The van der Waals surface area contributed by atoms with Crippen molar-refractivity contribution in [1.29, 1.82) is 5.26 Å². The van der Waals surface area contributed by atoms with Crippen LogP contribution in [-0.4, -0.2) is 70.1 Å². The number of hydrogen-bond donors (Lipinski definition) is 1. The molecule has 0 radical (unpaired) electrons. The van der Waals surface area contributed by atoms with Crippen molar-refractivity contribution in [2.24, 2.45) is 11.8 Å². The van der Waals surface area contributed by atoms with E-state index in [1.165, 1.54) is 17.7 Å². The molecule has 0 bridgehead atoms. The van der Waals surface area contributed by atoms with Gasteiger partial charge in [-0.15, -0.1) is 0 Å². The Labute approximate surface area is 194 Å². The van der Waals surface area contributed by atoms with E-state index in [2.05, 4.69) is 25.9 Å². The highest BCUT2D eigenvalue weighted by molar-refractivity contribution is 7.87. The highest BCUT2D eigenvalue weighted by Gasteiger charge is 2.57. The van der Waals surface area contributed by atoms with E-state index in [0.717, 1.165) is 40.4 Å². The van der Waals surface area contributed by atoms with Gasteiger partial charge in [-0.25, -0.2) is 14.3 Å². The normalized spacial score (nSPS) is 19.9. The second-order valence-electron chi connectivity index (χ2n) is 9.18. The summed E-state index contributed by atoms with van der Waals surface area (Å²) in [6.45, 7) is 4.98. The van der Waals surface area contributed by atoms with Gasteiger partial charge >= 0.3 is 10.2 Å². The molecule has 11 heteroatoms. The summed E-state index contributed by atoms with van der Waals surface area (Å²) in [5.41, 5.74) is 0.234. The SMILES string of the molecule is CCC(C#N)CCC(C)C(=O)N(C)S(=O)(=O)N1CCN(c2ncnc3[nH]ccc23)CC12CC2. The molecule has 2 unspecified atom stereocenters. The number of hydrogen-bond acceptors (Lipinski definition) is 7. The minimum atomic E-state index is -3.95. The third-order valence-electron chi connectivity index (χ3n) is 7.03. The van der Waals surface area contributed by atoms with Gasteiger partial charge < -0.3 is 9.88 Å². The Balaban J connectivity index is 1.47. The summed E-state index contributed by atoms with van der Waals surface area (Å²) < 4.78 is 29.4. The largest absolute Gasteiger partial charge is 0.353 e. The fourth-order valence-corrected chi connectivity index (χ4v) is 6.42. The van der Waals surface area contributed by atoms with Gasteiger partial charge in [0.2, 0.25) is 5.91 Å². The Morgan fingerprint density at radius 1 is 1.33 bits per heavy atom. The average molecular weight is 474 g/mol. The number of fused-ring (bicyclic) bond motifs is 1. The summed E-state index contributed by atoms with van der Waals surface area (Å²) in [7, 11) is -2.60. The van der Waals surface area contributed by atoms with E-state index in [1.807, 2.05) is 19.2 Å². The van der Waals surface area contributed by atoms with Gasteiger partial charge in [0.25, 0.3) is 0 Å². The zero-order chi connectivity index (χ0) is 23.8. The smallest absolute Gasteiger partial charge is 0.306 e. The highest BCUT2D eigenvalue weighted by Crippen LogP contribution is 2.47. The lowest BCUT2D eigenvalue weighted by Gasteiger charge is -2.43. The Bertz CT molecular complexity index is 1170. The first-order chi connectivity index (χ1) is 15.7. The maximum atomic E-state index is 13.5. The molecule has 3 heterocycles. The topological polar surface area (TPSA) is 126 Å². The first kappa shape index (κ1) is 23.4. The quantitative estimate of drug-likeness (QED) is 0.623. The van der Waals surface area contributed by atoms with Crippen LogP contribution < -0.4 is 4.90 Å². The van der Waals surface area contributed by atoms with Gasteiger partial charge in [-0.2, -0.15) is 18.0 Å². The van der Waals surface area contributed by atoms with Gasteiger partial charge in [0.15, 0.2) is 0 Å². The van der Waals surface area contributed by atoms with Gasteiger partial charge in [0, 0.05) is 44.7 Å². The molecule has 2 fully saturated rings. The van der Waals surface area contributed by atoms with Crippen molar-refractivity contribution in [3.05, 3.63) is 18.6 Å². The zero-order valence-corrected chi connectivity index (χ0v) is 20.2. The van der Waals surface area contributed by atoms with E-state index >= 15 is 0 Å². The maximum absolute atomic E-state index is 13.5. The number of rotatable bonds is 8. The summed E-state index contributed by atoms with van der Waals surface area (Å²) in [6, 6.07) is 4.16. The van der Waals surface area contributed by atoms with E-state index in [1.54, 1.807) is 6.92 Å². The van der Waals surface area contributed by atoms with Crippen molar-refractivity contribution in [1.82, 2.24) is 23.6 Å². The van der Waals surface area contributed by atoms with Crippen molar-refractivity contribution < 1.29 is 13.2 Å². The molecule has 4 rings (SSSR count). The van der Waals surface area contributed by atoms with Crippen molar-refractivity contribution in [3.63, 3.8) is 0 Å². The summed E-state index contributed by atoms with van der Waals surface area (Å²) in [6.07, 6.45) is 6.63. The summed E-state index contributed by atoms with van der Waals surface area (Å²) in [5, 5.41) is 10.0. The lowest BCUT2D eigenvalue weighted by Crippen LogP contribution is -2.60. The maximum Gasteiger partial charge on any atom is 0.306 e. The number of amides is 1. The summed E-state index contributed by atoms with van der Waals surface area (Å²) in [4.78, 5) is 26.9. The Morgan fingerprint density at radius 3 is 2.76 bits per heavy atom. The first-order valence-corrected chi connectivity index (χ1v) is 12.9. The second-order valence-corrected chi connectivity index (χ2v) is 11.1. The molecule has 1 aliphatic heterocycles. The average Bonchev–Trinajstić information content (AvgIpc) is 3.38. The molecular weight excluding hydrogens is 442 g/mol. The van der Waals surface area contributed by atoms with Crippen molar-refractivity contribution >= 4 is 33.0 Å². The number of piperazine rings is 1. The fourth-order valence-electron chi connectivity index (χ4n) is 4.67. The van der Waals surface area contributed by atoms with Crippen molar-refractivity contribution in [2.75, 3.05) is 31.6 Å². The zero-order valence-electron chi connectivity index (χ0n) is 19.4. The van der Waals surface area contributed by atoms with Gasteiger partial charge in [-0.05, 0) is 38.2 Å². The van der Waals surface area contributed by atoms with Crippen molar-refractivity contribution in [3.8, 4) is 6.07 Å². The number of carbonyl (C=O) groups excluding carboxylic acids is 1. The molecule has 0 aromatic carbocycles. The minimum Gasteiger partial charge on any atom is -0.353 e. The molecule has 1 saturated carbocycles. The van der Waals surface area contributed by atoms with Crippen LogP contribution in [0.15, 0.2) is 18.6 Å². The molecule has 2 aliphatic rings. The number of nitrogens with one attached hydrogen (secondary N) is 1. The Kier molecular flexibility index (Phi) is 6.33. The standard InChI is InChI=1S/C22H31N7O3S/c1-4-17(13-23)6-5-16(2)21(30)27(3)33(31,32)29-12-11-28(14-22(29)8-9-22)20-18-7-10-24-19(18)25-15-26-20/h7,10,15-17H,4-6,8-9,11-12,14H2,1-3H3,(H,24,25,26). The molecule has 178 valence electrons. The number of aromatic amines is 1. The van der Waals surface area contributed by atoms with Gasteiger partial charge in [0.05, 0.1) is 17.0 Å². The van der Waals surface area contributed by atoms with E-state index in [4.69, 9.17) is 5.26 Å². The molecule has 2 atom stereocenters. The number of nitrogens with zero attached hydrogens (tertiary/aromatic N) is 6. The van der Waals surface area contributed by atoms with E-state index in [-0.39, 0.29) is 12.5 Å². The van der Waals surface area contributed by atoms with Crippen LogP contribution in [0.3, 0.4) is 0 Å². The van der Waals surface area contributed by atoms with Crippen LogP contribution in [0.5, 0.6) is 0 Å². The molecular formula is C22H31N7O3S. The van der Waals surface area contributed by atoms with E-state index < -0.39 is 27.6 Å². The van der Waals surface area contributed by atoms with E-state index in [9.17, 15) is 13.2 Å². The number of aromatic nitrogens is 3. The number of anilines is 1. The van der Waals surface area contributed by atoms with Crippen LogP contribution in [0.1, 0.15) is 46.0 Å². The molecule has 1 N–H and O–H groups in total. The van der Waals surface area contributed by atoms with E-state index in [0.29, 0.717) is 25.9 Å². The molecule has 1 amide bonds. The van der Waals surface area contributed by atoms with Crippen LogP contribution in [0, 0.1) is 23.2 Å². The van der Waals surface area contributed by atoms with Gasteiger partial charge in [-0.1, -0.05) is 13.8 Å². The molecule has 33 heavy (non-hydrogen) atoms. The molecule has 10 nitrogen and oxygen atoms in total. The second kappa shape index (κ2) is 8.91. The summed E-state index contributed by atoms with van der Waals surface area (Å²) in [5.74, 6) is -0.207. The van der Waals surface area contributed by atoms with Gasteiger partial charge in [0.1, 0.15) is 17.8 Å². The number of carbonyl (C=O) groups is 1. The molecule has 2 aromatic rings. The number of nitriles is 1. The number of H-pyrrole nitrogens is 1. The molecule has 1 aliphatic carbocycles. The molecule has 1 spiro atoms. The third-order valence-corrected chi connectivity index (χ3v) is 9.03. The monoisotopic (exact) mass is 473 g/mol. The lowest BCUT2D eigenvalue weighted by atomic mass is 9.95. The third kappa shape index (κ3) is 4.29. The predicted octanol–water partition coefficient (Wildman–Crippen LogP) is 2.28. The minimum absolute atomic E-state index is 0.113. The Morgan fingerprint density at radius 2 is 2.09 bits per heavy atom. The first-order valence-electron chi connectivity index (χ1n) is 11.5. The van der Waals surface area contributed by atoms with Crippen LogP contribution >= 0.6 is 0 Å². The predicted molar refractivity (Wildman–Crippen MR) is 124 cm³/mol.